The van der Waals surface area contributed by atoms with E-state index in [-0.39, 0.29) is 22.2 Å². The van der Waals surface area contributed by atoms with Crippen LogP contribution in [-0.2, 0) is 6.54 Å². The third kappa shape index (κ3) is 2.57. The van der Waals surface area contributed by atoms with Gasteiger partial charge < -0.3 is 0 Å². The minimum absolute atomic E-state index is 0.115. The van der Waals surface area contributed by atoms with E-state index in [1.54, 1.807) is 4.57 Å². The molecule has 0 unspecified atom stereocenters. The smallest absolute Gasteiger partial charge is 0.282 e. The molecule has 1 aliphatic rings. The number of carbonyl (C=O) groups is 1. The molecule has 0 saturated heterocycles. The summed E-state index contributed by atoms with van der Waals surface area (Å²) in [4.78, 5) is 22.6. The highest BCUT2D eigenvalue weighted by Gasteiger charge is 2.24. The summed E-state index contributed by atoms with van der Waals surface area (Å²) in [5.74, 6) is 0.482. The lowest BCUT2D eigenvalue weighted by Crippen LogP contribution is -2.17. The molecule has 3 rings (SSSR count). The summed E-state index contributed by atoms with van der Waals surface area (Å²) in [6.45, 7) is 0.681. The number of thioether (sulfide) groups is 1. The highest BCUT2D eigenvalue weighted by Crippen LogP contribution is 2.27. The summed E-state index contributed by atoms with van der Waals surface area (Å²) in [5, 5.41) is 22.2. The highest BCUT2D eigenvalue weighted by atomic mass is 35.5. The molecule has 2 aromatic rings. The number of nitro groups is 1. The van der Waals surface area contributed by atoms with Gasteiger partial charge >= 0.3 is 0 Å². The summed E-state index contributed by atoms with van der Waals surface area (Å²) in [5.41, 5.74) is -0.428. The summed E-state index contributed by atoms with van der Waals surface area (Å²) >= 11 is 7.33. The van der Waals surface area contributed by atoms with Crippen LogP contribution in [0.2, 0.25) is 5.02 Å². The second-order valence-corrected chi connectivity index (χ2v) is 5.68. The fraction of sp³-hybridized carbons (Fsp3) is 0.182. The SMILES string of the molecule is O=C(Nc1nnc2n1CCS2)c1cc(Cl)ccc1[N+](=O)[O-]. The van der Waals surface area contributed by atoms with Crippen molar-refractivity contribution in [1.29, 1.82) is 0 Å². The van der Waals surface area contributed by atoms with Gasteiger partial charge in [0, 0.05) is 23.4 Å². The molecule has 0 atom stereocenters. The Morgan fingerprint density at radius 3 is 3.05 bits per heavy atom. The van der Waals surface area contributed by atoms with E-state index in [1.165, 1.54) is 30.0 Å². The van der Waals surface area contributed by atoms with Crippen LogP contribution in [0.4, 0.5) is 11.6 Å². The molecule has 0 aliphatic carbocycles. The molecule has 1 aliphatic heterocycles. The molecule has 1 aromatic heterocycles. The van der Waals surface area contributed by atoms with Gasteiger partial charge in [0.25, 0.3) is 11.6 Å². The molecule has 2 heterocycles. The van der Waals surface area contributed by atoms with Gasteiger partial charge in [-0.2, -0.15) is 0 Å². The Labute approximate surface area is 127 Å². The van der Waals surface area contributed by atoms with Crippen molar-refractivity contribution in [1.82, 2.24) is 14.8 Å². The third-order valence-corrected chi connectivity index (χ3v) is 4.07. The van der Waals surface area contributed by atoms with Crippen molar-refractivity contribution in [2.75, 3.05) is 11.1 Å². The van der Waals surface area contributed by atoms with Crippen molar-refractivity contribution >= 4 is 40.9 Å². The Kier molecular flexibility index (Phi) is 3.52. The van der Waals surface area contributed by atoms with Crippen molar-refractivity contribution in [3.8, 4) is 0 Å². The number of rotatable bonds is 3. The number of halogens is 1. The number of nitrogens with one attached hydrogen (secondary N) is 1. The molecule has 1 N–H and O–H groups in total. The number of hydrogen-bond donors (Lipinski definition) is 1. The standard InChI is InChI=1S/C11H8ClN5O3S/c12-6-1-2-8(17(19)20)7(5-6)9(18)13-10-14-15-11-16(10)3-4-21-11/h1-2,5H,3-4H2,(H,13,14,18). The van der Waals surface area contributed by atoms with E-state index in [0.717, 1.165) is 5.75 Å². The number of fused-ring (bicyclic) bond motifs is 1. The number of hydrogen-bond acceptors (Lipinski definition) is 6. The predicted molar refractivity (Wildman–Crippen MR) is 76.8 cm³/mol. The van der Waals surface area contributed by atoms with Gasteiger partial charge in [-0.3, -0.25) is 24.8 Å². The molecule has 8 nitrogen and oxygen atoms in total. The maximum atomic E-state index is 12.2. The minimum atomic E-state index is -0.642. The second kappa shape index (κ2) is 5.34. The maximum Gasteiger partial charge on any atom is 0.282 e. The molecular formula is C11H8ClN5O3S. The zero-order valence-electron chi connectivity index (χ0n) is 10.4. The van der Waals surface area contributed by atoms with E-state index in [4.69, 9.17) is 11.6 Å². The number of anilines is 1. The van der Waals surface area contributed by atoms with E-state index >= 15 is 0 Å². The fourth-order valence-corrected chi connectivity index (χ4v) is 3.00. The van der Waals surface area contributed by atoms with Gasteiger partial charge in [-0.05, 0) is 12.1 Å². The van der Waals surface area contributed by atoms with Gasteiger partial charge in [0.05, 0.1) is 4.92 Å². The molecule has 0 saturated carbocycles. The van der Waals surface area contributed by atoms with E-state index in [1.807, 2.05) is 0 Å². The van der Waals surface area contributed by atoms with Crippen LogP contribution in [0.5, 0.6) is 0 Å². The van der Waals surface area contributed by atoms with E-state index in [0.29, 0.717) is 11.7 Å². The molecule has 0 fully saturated rings. The number of nitrogens with zero attached hydrogens (tertiary/aromatic N) is 4. The highest BCUT2D eigenvalue weighted by molar-refractivity contribution is 7.99. The Morgan fingerprint density at radius 1 is 1.48 bits per heavy atom. The first-order chi connectivity index (χ1) is 10.1. The number of carbonyl (C=O) groups excluding carboxylic acids is 1. The van der Waals surface area contributed by atoms with Crippen LogP contribution in [0.3, 0.4) is 0 Å². The van der Waals surface area contributed by atoms with Crippen molar-refractivity contribution in [2.24, 2.45) is 0 Å². The lowest BCUT2D eigenvalue weighted by molar-refractivity contribution is -0.385. The van der Waals surface area contributed by atoms with Crippen LogP contribution in [0.25, 0.3) is 0 Å². The van der Waals surface area contributed by atoms with Gasteiger partial charge in [0.15, 0.2) is 5.16 Å². The number of nitro benzene ring substituents is 1. The summed E-state index contributed by atoms with van der Waals surface area (Å²) < 4.78 is 1.75. The molecule has 108 valence electrons. The molecular weight excluding hydrogens is 318 g/mol. The first-order valence-electron chi connectivity index (χ1n) is 5.87. The Morgan fingerprint density at radius 2 is 2.29 bits per heavy atom. The first-order valence-corrected chi connectivity index (χ1v) is 7.24. The fourth-order valence-electron chi connectivity index (χ4n) is 1.94. The van der Waals surface area contributed by atoms with Crippen LogP contribution < -0.4 is 5.32 Å². The number of aromatic nitrogens is 3. The Balaban J connectivity index is 1.92. The number of amides is 1. The summed E-state index contributed by atoms with van der Waals surface area (Å²) in [6, 6.07) is 3.81. The predicted octanol–water partition coefficient (Wildman–Crippen LogP) is 2.20. The van der Waals surface area contributed by atoms with Crippen molar-refractivity contribution in [3.05, 3.63) is 38.9 Å². The number of benzene rings is 1. The van der Waals surface area contributed by atoms with Crippen LogP contribution in [0, 0.1) is 10.1 Å². The largest absolute Gasteiger partial charge is 0.290 e. The third-order valence-electron chi connectivity index (χ3n) is 2.89. The molecule has 1 amide bonds. The van der Waals surface area contributed by atoms with Gasteiger partial charge in [-0.1, -0.05) is 23.4 Å². The Hall–Kier alpha value is -2.13. The average molecular weight is 326 g/mol. The van der Waals surface area contributed by atoms with Gasteiger partial charge in [-0.15, -0.1) is 10.2 Å². The zero-order chi connectivity index (χ0) is 15.0. The quantitative estimate of drug-likeness (QED) is 0.685. The molecule has 0 radical (unpaired) electrons. The van der Waals surface area contributed by atoms with Crippen molar-refractivity contribution in [2.45, 2.75) is 11.7 Å². The van der Waals surface area contributed by atoms with E-state index in [9.17, 15) is 14.9 Å². The average Bonchev–Trinajstić information content (AvgIpc) is 3.03. The second-order valence-electron chi connectivity index (χ2n) is 4.18. The maximum absolute atomic E-state index is 12.2. The van der Waals surface area contributed by atoms with Gasteiger partial charge in [0.1, 0.15) is 5.56 Å². The lowest BCUT2D eigenvalue weighted by Gasteiger charge is -2.06. The first kappa shape index (κ1) is 13.8. The Bertz CT molecular complexity index is 747. The van der Waals surface area contributed by atoms with E-state index in [2.05, 4.69) is 15.5 Å². The monoisotopic (exact) mass is 325 g/mol. The topological polar surface area (TPSA) is 103 Å². The van der Waals surface area contributed by atoms with Crippen LogP contribution in [0.15, 0.2) is 23.4 Å². The van der Waals surface area contributed by atoms with Gasteiger partial charge in [0.2, 0.25) is 5.95 Å². The lowest BCUT2D eigenvalue weighted by atomic mass is 10.1. The minimum Gasteiger partial charge on any atom is -0.290 e. The normalized spacial score (nSPS) is 13.0. The zero-order valence-corrected chi connectivity index (χ0v) is 12.0. The van der Waals surface area contributed by atoms with E-state index < -0.39 is 10.8 Å². The van der Waals surface area contributed by atoms with Crippen molar-refractivity contribution in [3.63, 3.8) is 0 Å². The van der Waals surface area contributed by atoms with Crippen LogP contribution >= 0.6 is 23.4 Å². The summed E-state index contributed by atoms with van der Waals surface area (Å²) in [6.07, 6.45) is 0. The molecule has 10 heteroatoms. The molecule has 0 spiro atoms. The molecule has 21 heavy (non-hydrogen) atoms. The van der Waals surface area contributed by atoms with Crippen LogP contribution in [-0.4, -0.2) is 31.3 Å². The van der Waals surface area contributed by atoms with Crippen molar-refractivity contribution < 1.29 is 9.72 Å². The van der Waals surface area contributed by atoms with Gasteiger partial charge in [-0.25, -0.2) is 0 Å². The molecule has 0 bridgehead atoms. The summed E-state index contributed by atoms with van der Waals surface area (Å²) in [7, 11) is 0. The molecule has 1 aromatic carbocycles. The van der Waals surface area contributed by atoms with Crippen LogP contribution in [0.1, 0.15) is 10.4 Å².